The van der Waals surface area contributed by atoms with Gasteiger partial charge in [-0.1, -0.05) is 17.7 Å². The Labute approximate surface area is 76.8 Å². The fraction of sp³-hybridized carbons (Fsp3) is 0.125. The molecule has 0 fully saturated rings. The number of hydrogen-bond donors (Lipinski definition) is 2. The van der Waals surface area contributed by atoms with Crippen molar-refractivity contribution in [2.24, 2.45) is 0 Å². The molecule has 0 aliphatic rings. The van der Waals surface area contributed by atoms with Gasteiger partial charge in [0.05, 0.1) is 5.56 Å². The SMILES string of the molecule is Cc1ccc(C(=O)OP(O)O)cc1. The molecule has 13 heavy (non-hydrogen) atoms. The van der Waals surface area contributed by atoms with Crippen LogP contribution in [0.1, 0.15) is 15.9 Å². The highest BCUT2D eigenvalue weighted by atomic mass is 31.2. The van der Waals surface area contributed by atoms with E-state index in [1.165, 1.54) is 0 Å². The molecular formula is C8H9O4P. The first-order chi connectivity index (χ1) is 6.09. The second-order valence-corrected chi connectivity index (χ2v) is 3.19. The van der Waals surface area contributed by atoms with E-state index in [-0.39, 0.29) is 0 Å². The lowest BCUT2D eigenvalue weighted by atomic mass is 10.2. The number of aryl methyl sites for hydroxylation is 1. The van der Waals surface area contributed by atoms with Crippen molar-refractivity contribution in [2.45, 2.75) is 6.92 Å². The first kappa shape index (κ1) is 10.1. The van der Waals surface area contributed by atoms with Gasteiger partial charge in [-0.3, -0.25) is 0 Å². The number of benzene rings is 1. The van der Waals surface area contributed by atoms with Gasteiger partial charge in [0.15, 0.2) is 0 Å². The van der Waals surface area contributed by atoms with E-state index in [1.54, 1.807) is 24.3 Å². The van der Waals surface area contributed by atoms with Gasteiger partial charge >= 0.3 is 14.6 Å². The summed E-state index contributed by atoms with van der Waals surface area (Å²) in [4.78, 5) is 27.9. The lowest BCUT2D eigenvalue weighted by Gasteiger charge is -2.03. The molecular weight excluding hydrogens is 191 g/mol. The molecule has 0 unspecified atom stereocenters. The highest BCUT2D eigenvalue weighted by Gasteiger charge is 2.11. The van der Waals surface area contributed by atoms with E-state index in [9.17, 15) is 4.79 Å². The molecule has 1 aromatic carbocycles. The van der Waals surface area contributed by atoms with Crippen LogP contribution in [0, 0.1) is 6.92 Å². The van der Waals surface area contributed by atoms with Gasteiger partial charge in [0.25, 0.3) is 0 Å². The minimum Gasteiger partial charge on any atom is -0.391 e. The fourth-order valence-electron chi connectivity index (χ4n) is 0.817. The molecule has 0 bridgehead atoms. The summed E-state index contributed by atoms with van der Waals surface area (Å²) in [7, 11) is -2.62. The zero-order chi connectivity index (χ0) is 9.84. The molecule has 0 aliphatic carbocycles. The van der Waals surface area contributed by atoms with Crippen LogP contribution >= 0.6 is 8.60 Å². The number of rotatable bonds is 2. The topological polar surface area (TPSA) is 66.8 Å². The molecule has 4 nitrogen and oxygen atoms in total. The van der Waals surface area contributed by atoms with Gasteiger partial charge in [0.1, 0.15) is 0 Å². The van der Waals surface area contributed by atoms with Gasteiger partial charge in [-0.05, 0) is 19.1 Å². The van der Waals surface area contributed by atoms with Crippen LogP contribution in [0.15, 0.2) is 24.3 Å². The Bertz CT molecular complexity index is 294. The third-order valence-electron chi connectivity index (χ3n) is 1.45. The Hall–Kier alpha value is -0.960. The molecule has 0 aliphatic heterocycles. The molecule has 0 saturated heterocycles. The van der Waals surface area contributed by atoms with E-state index >= 15 is 0 Å². The quantitative estimate of drug-likeness (QED) is 0.707. The van der Waals surface area contributed by atoms with Crippen molar-refractivity contribution >= 4 is 14.6 Å². The van der Waals surface area contributed by atoms with Gasteiger partial charge in [-0.2, -0.15) is 0 Å². The van der Waals surface area contributed by atoms with Gasteiger partial charge in [0, 0.05) is 0 Å². The van der Waals surface area contributed by atoms with Gasteiger partial charge in [-0.15, -0.1) is 0 Å². The Balaban J connectivity index is 2.72. The molecule has 0 spiro atoms. The van der Waals surface area contributed by atoms with Crippen LogP contribution in [0.25, 0.3) is 0 Å². The van der Waals surface area contributed by atoms with Crippen LogP contribution < -0.4 is 0 Å². The maximum Gasteiger partial charge on any atom is 0.394 e. The maximum absolute atomic E-state index is 11.0. The monoisotopic (exact) mass is 200 g/mol. The van der Waals surface area contributed by atoms with Crippen molar-refractivity contribution in [1.29, 1.82) is 0 Å². The van der Waals surface area contributed by atoms with Crippen LogP contribution in [0.5, 0.6) is 0 Å². The summed E-state index contributed by atoms with van der Waals surface area (Å²) in [5.74, 6) is -0.726. The normalized spacial score (nSPS) is 10.2. The van der Waals surface area contributed by atoms with Gasteiger partial charge in [0.2, 0.25) is 0 Å². The molecule has 1 rings (SSSR count). The molecule has 0 aromatic heterocycles. The van der Waals surface area contributed by atoms with Crippen molar-refractivity contribution in [3.63, 3.8) is 0 Å². The number of carbonyl (C=O) groups is 1. The molecule has 1 aromatic rings. The van der Waals surface area contributed by atoms with E-state index in [0.717, 1.165) is 5.56 Å². The molecule has 5 heteroatoms. The first-order valence-corrected chi connectivity index (χ1v) is 4.73. The Morgan fingerprint density at radius 1 is 1.31 bits per heavy atom. The van der Waals surface area contributed by atoms with E-state index < -0.39 is 14.6 Å². The van der Waals surface area contributed by atoms with Crippen LogP contribution in [-0.2, 0) is 4.52 Å². The van der Waals surface area contributed by atoms with Crippen molar-refractivity contribution in [3.8, 4) is 0 Å². The average molecular weight is 200 g/mol. The lowest BCUT2D eigenvalue weighted by Crippen LogP contribution is -2.00. The smallest absolute Gasteiger partial charge is 0.391 e. The molecule has 2 N–H and O–H groups in total. The Kier molecular flexibility index (Phi) is 3.37. The zero-order valence-corrected chi connectivity index (χ0v) is 7.86. The van der Waals surface area contributed by atoms with E-state index in [4.69, 9.17) is 9.79 Å². The summed E-state index contributed by atoms with van der Waals surface area (Å²) in [6.07, 6.45) is 0. The minimum atomic E-state index is -2.62. The van der Waals surface area contributed by atoms with Crippen molar-refractivity contribution in [1.82, 2.24) is 0 Å². The summed E-state index contributed by atoms with van der Waals surface area (Å²) in [5, 5.41) is 0. The standard InChI is InChI=1S/C8H9O4P/c1-6-2-4-7(5-3-6)8(9)12-13(10)11/h2-5,10-11H,1H3. The second kappa shape index (κ2) is 4.33. The molecule has 0 amide bonds. The van der Waals surface area contributed by atoms with Crippen molar-refractivity contribution < 1.29 is 19.1 Å². The van der Waals surface area contributed by atoms with Crippen LogP contribution in [0.4, 0.5) is 0 Å². The predicted molar refractivity (Wildman–Crippen MR) is 48.0 cm³/mol. The van der Waals surface area contributed by atoms with Crippen molar-refractivity contribution in [2.75, 3.05) is 0 Å². The maximum atomic E-state index is 11.0. The summed E-state index contributed by atoms with van der Waals surface area (Å²) in [5.41, 5.74) is 1.33. The Morgan fingerprint density at radius 2 is 1.85 bits per heavy atom. The van der Waals surface area contributed by atoms with Crippen LogP contribution in [0.3, 0.4) is 0 Å². The third kappa shape index (κ3) is 3.11. The van der Waals surface area contributed by atoms with Gasteiger partial charge in [-0.25, -0.2) is 4.79 Å². The summed E-state index contributed by atoms with van der Waals surface area (Å²) in [6, 6.07) is 6.62. The summed E-state index contributed by atoms with van der Waals surface area (Å²) >= 11 is 0. The number of hydrogen-bond acceptors (Lipinski definition) is 4. The molecule has 0 heterocycles. The molecule has 0 atom stereocenters. The average Bonchev–Trinajstić information content (AvgIpc) is 2.04. The summed E-state index contributed by atoms with van der Waals surface area (Å²) in [6.45, 7) is 1.89. The molecule has 0 radical (unpaired) electrons. The fourth-order valence-corrected chi connectivity index (χ4v) is 1.07. The van der Waals surface area contributed by atoms with E-state index in [2.05, 4.69) is 4.52 Å². The highest BCUT2D eigenvalue weighted by molar-refractivity contribution is 7.40. The molecule has 0 saturated carbocycles. The second-order valence-electron chi connectivity index (χ2n) is 2.50. The lowest BCUT2D eigenvalue weighted by molar-refractivity contribution is 0.0715. The Morgan fingerprint density at radius 3 is 2.31 bits per heavy atom. The van der Waals surface area contributed by atoms with Crippen LogP contribution in [0.2, 0.25) is 0 Å². The van der Waals surface area contributed by atoms with E-state index in [1.807, 2.05) is 6.92 Å². The van der Waals surface area contributed by atoms with Gasteiger partial charge < -0.3 is 14.3 Å². The van der Waals surface area contributed by atoms with Crippen LogP contribution in [-0.4, -0.2) is 15.8 Å². The molecule has 70 valence electrons. The number of carbonyl (C=O) groups excluding carboxylic acids is 1. The first-order valence-electron chi connectivity index (χ1n) is 3.56. The summed E-state index contributed by atoms with van der Waals surface area (Å²) < 4.78 is 4.21. The van der Waals surface area contributed by atoms with Crippen molar-refractivity contribution in [3.05, 3.63) is 35.4 Å². The third-order valence-corrected chi connectivity index (χ3v) is 1.78. The predicted octanol–water partition coefficient (Wildman–Crippen LogP) is 1.36. The largest absolute Gasteiger partial charge is 0.394 e. The zero-order valence-electron chi connectivity index (χ0n) is 6.97. The van der Waals surface area contributed by atoms with E-state index in [0.29, 0.717) is 5.56 Å². The highest BCUT2D eigenvalue weighted by Crippen LogP contribution is 2.26. The minimum absolute atomic E-state index is 0.307.